The second-order valence-electron chi connectivity index (χ2n) is 4.61. The Balaban J connectivity index is 2.73. The van der Waals surface area contributed by atoms with Crippen molar-refractivity contribution in [3.8, 4) is 11.5 Å². The Kier molecular flexibility index (Phi) is 8.82. The molecule has 0 aliphatic carbocycles. The van der Waals surface area contributed by atoms with Gasteiger partial charge in [-0.25, -0.2) is 0 Å². The first kappa shape index (κ1) is 17.8. The molecule has 0 spiro atoms. The average molecular weight is 297 g/mol. The van der Waals surface area contributed by atoms with Gasteiger partial charge in [0.15, 0.2) is 0 Å². The normalized spacial score (nSPS) is 12.2. The van der Waals surface area contributed by atoms with Crippen molar-refractivity contribution in [2.45, 2.75) is 19.4 Å². The van der Waals surface area contributed by atoms with Crippen LogP contribution in [0.4, 0.5) is 0 Å². The Labute approximate surface area is 127 Å². The van der Waals surface area contributed by atoms with Crippen LogP contribution in [0.2, 0.25) is 0 Å². The lowest BCUT2D eigenvalue weighted by Gasteiger charge is -2.21. The van der Waals surface area contributed by atoms with Crippen molar-refractivity contribution < 1.29 is 18.9 Å². The van der Waals surface area contributed by atoms with Crippen molar-refractivity contribution in [3.05, 3.63) is 23.8 Å². The number of hydrogen-bond donors (Lipinski definition) is 1. The summed E-state index contributed by atoms with van der Waals surface area (Å²) >= 11 is 0. The van der Waals surface area contributed by atoms with E-state index in [2.05, 4.69) is 12.2 Å². The van der Waals surface area contributed by atoms with Crippen molar-refractivity contribution in [1.82, 2.24) is 5.32 Å². The van der Waals surface area contributed by atoms with Crippen molar-refractivity contribution in [2.75, 3.05) is 47.7 Å². The van der Waals surface area contributed by atoms with Gasteiger partial charge < -0.3 is 24.3 Å². The second kappa shape index (κ2) is 10.4. The highest BCUT2D eigenvalue weighted by atomic mass is 16.5. The van der Waals surface area contributed by atoms with Crippen LogP contribution in [0, 0.1) is 0 Å². The molecule has 0 aliphatic rings. The molecule has 0 amide bonds. The third-order valence-electron chi connectivity index (χ3n) is 3.25. The summed E-state index contributed by atoms with van der Waals surface area (Å²) < 4.78 is 21.3. The first-order valence-electron chi connectivity index (χ1n) is 7.28. The number of benzene rings is 1. The molecule has 0 fully saturated rings. The van der Waals surface area contributed by atoms with Gasteiger partial charge in [-0.05, 0) is 31.2 Å². The van der Waals surface area contributed by atoms with Crippen molar-refractivity contribution in [1.29, 1.82) is 0 Å². The van der Waals surface area contributed by atoms with Gasteiger partial charge in [0.2, 0.25) is 0 Å². The fraction of sp³-hybridized carbons (Fsp3) is 0.625. The summed E-state index contributed by atoms with van der Waals surface area (Å²) in [4.78, 5) is 0. The summed E-state index contributed by atoms with van der Waals surface area (Å²) in [5.74, 6) is 1.69. The van der Waals surface area contributed by atoms with Crippen LogP contribution in [0.1, 0.15) is 24.9 Å². The van der Waals surface area contributed by atoms with E-state index >= 15 is 0 Å². The summed E-state index contributed by atoms with van der Waals surface area (Å²) in [5.41, 5.74) is 1.09. The van der Waals surface area contributed by atoms with Gasteiger partial charge in [-0.15, -0.1) is 0 Å². The SMILES string of the molecule is CCNC(CCOCCOC)c1cc(OC)ccc1OC. The lowest BCUT2D eigenvalue weighted by molar-refractivity contribution is 0.0657. The van der Waals surface area contributed by atoms with E-state index in [1.807, 2.05) is 18.2 Å². The summed E-state index contributed by atoms with van der Waals surface area (Å²) in [6.45, 7) is 4.87. The monoisotopic (exact) mass is 297 g/mol. The van der Waals surface area contributed by atoms with E-state index in [1.165, 1.54) is 0 Å². The van der Waals surface area contributed by atoms with Crippen LogP contribution in [-0.2, 0) is 9.47 Å². The molecule has 0 saturated carbocycles. The zero-order chi connectivity index (χ0) is 15.5. The first-order valence-corrected chi connectivity index (χ1v) is 7.28. The van der Waals surface area contributed by atoms with Gasteiger partial charge in [0.1, 0.15) is 11.5 Å². The fourth-order valence-corrected chi connectivity index (χ4v) is 2.17. The van der Waals surface area contributed by atoms with E-state index in [1.54, 1.807) is 21.3 Å². The van der Waals surface area contributed by atoms with Crippen LogP contribution in [0.25, 0.3) is 0 Å². The summed E-state index contributed by atoms with van der Waals surface area (Å²) in [5, 5.41) is 3.47. The van der Waals surface area contributed by atoms with Crippen molar-refractivity contribution in [2.24, 2.45) is 0 Å². The number of nitrogens with one attached hydrogen (secondary N) is 1. The Morgan fingerprint density at radius 3 is 2.48 bits per heavy atom. The Morgan fingerprint density at radius 1 is 1.05 bits per heavy atom. The van der Waals surface area contributed by atoms with Gasteiger partial charge in [0.25, 0.3) is 0 Å². The van der Waals surface area contributed by atoms with Crippen LogP contribution in [-0.4, -0.2) is 47.7 Å². The van der Waals surface area contributed by atoms with E-state index in [-0.39, 0.29) is 6.04 Å². The molecule has 21 heavy (non-hydrogen) atoms. The standard InChI is InChI=1S/C16H27NO4/c1-5-17-15(8-9-21-11-10-18-2)14-12-13(19-3)6-7-16(14)20-4/h6-7,12,15,17H,5,8-11H2,1-4H3. The Morgan fingerprint density at radius 2 is 1.86 bits per heavy atom. The quantitative estimate of drug-likeness (QED) is 0.636. The highest BCUT2D eigenvalue weighted by molar-refractivity contribution is 5.42. The first-order chi connectivity index (χ1) is 10.3. The van der Waals surface area contributed by atoms with Gasteiger partial charge in [-0.2, -0.15) is 0 Å². The van der Waals surface area contributed by atoms with Crippen LogP contribution in [0.15, 0.2) is 18.2 Å². The molecule has 5 nitrogen and oxygen atoms in total. The molecule has 0 radical (unpaired) electrons. The minimum absolute atomic E-state index is 0.169. The Hall–Kier alpha value is -1.30. The van der Waals surface area contributed by atoms with Crippen LogP contribution >= 0.6 is 0 Å². The van der Waals surface area contributed by atoms with Gasteiger partial charge >= 0.3 is 0 Å². The predicted molar refractivity (Wildman–Crippen MR) is 83.3 cm³/mol. The lowest BCUT2D eigenvalue weighted by atomic mass is 10.0. The zero-order valence-electron chi connectivity index (χ0n) is 13.5. The molecule has 1 N–H and O–H groups in total. The van der Waals surface area contributed by atoms with E-state index in [9.17, 15) is 0 Å². The molecule has 1 aromatic carbocycles. The van der Waals surface area contributed by atoms with E-state index in [4.69, 9.17) is 18.9 Å². The predicted octanol–water partition coefficient (Wildman–Crippen LogP) is 2.41. The van der Waals surface area contributed by atoms with Crippen molar-refractivity contribution >= 4 is 0 Å². The maximum Gasteiger partial charge on any atom is 0.123 e. The minimum Gasteiger partial charge on any atom is -0.497 e. The number of methoxy groups -OCH3 is 3. The molecule has 1 rings (SSSR count). The van der Waals surface area contributed by atoms with Crippen LogP contribution in [0.5, 0.6) is 11.5 Å². The molecule has 0 aromatic heterocycles. The lowest BCUT2D eigenvalue weighted by Crippen LogP contribution is -2.23. The topological polar surface area (TPSA) is 49.0 Å². The van der Waals surface area contributed by atoms with E-state index in [0.717, 1.165) is 30.0 Å². The third kappa shape index (κ3) is 5.91. The average Bonchev–Trinajstić information content (AvgIpc) is 2.53. The molecule has 0 bridgehead atoms. The fourth-order valence-electron chi connectivity index (χ4n) is 2.17. The number of rotatable bonds is 11. The molecular formula is C16H27NO4. The van der Waals surface area contributed by atoms with Gasteiger partial charge in [0.05, 0.1) is 27.4 Å². The van der Waals surface area contributed by atoms with Gasteiger partial charge in [0, 0.05) is 25.3 Å². The Bertz CT molecular complexity index is 398. The molecule has 120 valence electrons. The molecular weight excluding hydrogens is 270 g/mol. The number of hydrogen-bond acceptors (Lipinski definition) is 5. The molecule has 0 aliphatic heterocycles. The highest BCUT2D eigenvalue weighted by Gasteiger charge is 2.16. The smallest absolute Gasteiger partial charge is 0.123 e. The summed E-state index contributed by atoms with van der Waals surface area (Å²) in [6, 6.07) is 6.02. The van der Waals surface area contributed by atoms with Crippen LogP contribution in [0.3, 0.4) is 0 Å². The largest absolute Gasteiger partial charge is 0.497 e. The second-order valence-corrected chi connectivity index (χ2v) is 4.61. The molecule has 1 aromatic rings. The molecule has 1 unspecified atom stereocenters. The number of ether oxygens (including phenoxy) is 4. The highest BCUT2D eigenvalue weighted by Crippen LogP contribution is 2.31. The third-order valence-corrected chi connectivity index (χ3v) is 3.25. The summed E-state index contributed by atoms with van der Waals surface area (Å²) in [7, 11) is 5.02. The maximum absolute atomic E-state index is 5.57. The molecule has 0 heterocycles. The zero-order valence-corrected chi connectivity index (χ0v) is 13.5. The van der Waals surface area contributed by atoms with Crippen LogP contribution < -0.4 is 14.8 Å². The van der Waals surface area contributed by atoms with Gasteiger partial charge in [-0.3, -0.25) is 0 Å². The maximum atomic E-state index is 5.57. The van der Waals surface area contributed by atoms with Crippen molar-refractivity contribution in [3.63, 3.8) is 0 Å². The van der Waals surface area contributed by atoms with E-state index < -0.39 is 0 Å². The minimum atomic E-state index is 0.169. The molecule has 5 heteroatoms. The molecule has 0 saturated heterocycles. The van der Waals surface area contributed by atoms with Gasteiger partial charge in [-0.1, -0.05) is 6.92 Å². The summed E-state index contributed by atoms with van der Waals surface area (Å²) in [6.07, 6.45) is 0.862. The molecule has 1 atom stereocenters. The van der Waals surface area contributed by atoms with E-state index in [0.29, 0.717) is 19.8 Å².